The summed E-state index contributed by atoms with van der Waals surface area (Å²) in [6.45, 7) is 7.80. The van der Waals surface area contributed by atoms with Crippen LogP contribution in [0.4, 0.5) is 5.69 Å². The highest BCUT2D eigenvalue weighted by molar-refractivity contribution is 6.51. The number of carbonyl (C=O) groups is 2. The zero-order chi connectivity index (χ0) is 27.6. The summed E-state index contributed by atoms with van der Waals surface area (Å²) in [5, 5.41) is 11.5. The van der Waals surface area contributed by atoms with E-state index in [0.717, 1.165) is 17.5 Å². The Morgan fingerprint density at radius 2 is 1.58 bits per heavy atom. The second kappa shape index (κ2) is 11.0. The molecule has 0 bridgehead atoms. The molecule has 0 saturated carbocycles. The topological polar surface area (TPSA) is 85.3 Å². The van der Waals surface area contributed by atoms with Crippen molar-refractivity contribution in [2.24, 2.45) is 0 Å². The Kier molecular flexibility index (Phi) is 7.76. The molecular formula is C31H33NO6. The van der Waals surface area contributed by atoms with E-state index in [9.17, 15) is 14.7 Å². The monoisotopic (exact) mass is 515 g/mol. The van der Waals surface area contributed by atoms with Crippen LogP contribution in [0.3, 0.4) is 0 Å². The largest absolute Gasteiger partial charge is 0.507 e. The molecular weight excluding hydrogens is 482 g/mol. The van der Waals surface area contributed by atoms with E-state index < -0.39 is 17.7 Å². The molecule has 38 heavy (non-hydrogen) atoms. The first-order valence-electron chi connectivity index (χ1n) is 12.6. The number of carbonyl (C=O) groups excluding carboxylic acids is 2. The van der Waals surface area contributed by atoms with Crippen LogP contribution in [0.25, 0.3) is 5.76 Å². The number of ketones is 1. The van der Waals surface area contributed by atoms with Gasteiger partial charge in [0.15, 0.2) is 11.5 Å². The lowest BCUT2D eigenvalue weighted by Gasteiger charge is -2.26. The third kappa shape index (κ3) is 4.96. The maximum absolute atomic E-state index is 13.5. The number of anilines is 1. The van der Waals surface area contributed by atoms with Gasteiger partial charge in [-0.1, -0.05) is 31.2 Å². The number of nitrogens with zero attached hydrogens (tertiary/aromatic N) is 1. The molecule has 198 valence electrons. The number of amides is 1. The molecule has 1 heterocycles. The lowest BCUT2D eigenvalue weighted by Crippen LogP contribution is -2.29. The first-order chi connectivity index (χ1) is 18.2. The number of ether oxygens (including phenoxy) is 3. The fourth-order valence-corrected chi connectivity index (χ4v) is 4.66. The SMILES string of the molecule is CCc1ccc(C2/C(=C(\O)c3ccc(OC(C)C)c(C)c3)C(=O)C(=O)N2c2ccc(OC)c(OC)c2)cc1. The smallest absolute Gasteiger partial charge is 0.300 e. The van der Waals surface area contributed by atoms with Gasteiger partial charge in [0, 0.05) is 17.3 Å². The molecule has 1 fully saturated rings. The van der Waals surface area contributed by atoms with Gasteiger partial charge in [0.05, 0.1) is 31.9 Å². The molecule has 0 aromatic heterocycles. The van der Waals surface area contributed by atoms with Crippen molar-refractivity contribution < 1.29 is 28.9 Å². The summed E-state index contributed by atoms with van der Waals surface area (Å²) >= 11 is 0. The summed E-state index contributed by atoms with van der Waals surface area (Å²) in [4.78, 5) is 28.4. The fraction of sp³-hybridized carbons (Fsp3) is 0.290. The Balaban J connectivity index is 1.90. The average Bonchev–Trinajstić information content (AvgIpc) is 3.18. The lowest BCUT2D eigenvalue weighted by molar-refractivity contribution is -0.132. The first kappa shape index (κ1) is 26.8. The van der Waals surface area contributed by atoms with Crippen molar-refractivity contribution in [3.05, 3.63) is 88.5 Å². The van der Waals surface area contributed by atoms with Crippen LogP contribution in [0, 0.1) is 6.92 Å². The number of aliphatic hydroxyl groups excluding tert-OH is 1. The number of rotatable bonds is 8. The summed E-state index contributed by atoms with van der Waals surface area (Å²) in [5.74, 6) is -0.134. The number of hydrogen-bond donors (Lipinski definition) is 1. The third-order valence-corrected chi connectivity index (χ3v) is 6.60. The molecule has 7 heteroatoms. The summed E-state index contributed by atoms with van der Waals surface area (Å²) < 4.78 is 16.6. The normalized spacial score (nSPS) is 16.7. The predicted octanol–water partition coefficient (Wildman–Crippen LogP) is 5.99. The zero-order valence-electron chi connectivity index (χ0n) is 22.6. The van der Waals surface area contributed by atoms with Gasteiger partial charge in [0.1, 0.15) is 11.5 Å². The Morgan fingerprint density at radius 1 is 0.921 bits per heavy atom. The van der Waals surface area contributed by atoms with Crippen molar-refractivity contribution in [1.82, 2.24) is 0 Å². The Labute approximate surface area is 223 Å². The van der Waals surface area contributed by atoms with Crippen LogP contribution in [0.5, 0.6) is 17.2 Å². The van der Waals surface area contributed by atoms with Crippen LogP contribution in [0.1, 0.15) is 49.1 Å². The molecule has 4 rings (SSSR count). The number of aryl methyl sites for hydroxylation is 2. The molecule has 1 atom stereocenters. The molecule has 3 aromatic rings. The molecule has 0 aliphatic carbocycles. The van der Waals surface area contributed by atoms with Crippen molar-refractivity contribution in [2.45, 2.75) is 46.3 Å². The van der Waals surface area contributed by atoms with E-state index >= 15 is 0 Å². The van der Waals surface area contributed by atoms with Gasteiger partial charge in [-0.15, -0.1) is 0 Å². The van der Waals surface area contributed by atoms with Crippen molar-refractivity contribution in [3.63, 3.8) is 0 Å². The summed E-state index contributed by atoms with van der Waals surface area (Å²) in [6.07, 6.45) is 0.839. The number of hydrogen-bond acceptors (Lipinski definition) is 6. The van der Waals surface area contributed by atoms with Crippen LogP contribution < -0.4 is 19.1 Å². The van der Waals surface area contributed by atoms with Crippen molar-refractivity contribution in [3.8, 4) is 17.2 Å². The third-order valence-electron chi connectivity index (χ3n) is 6.60. The molecule has 1 saturated heterocycles. The standard InChI is InChI=1S/C31H33NO6/c1-7-20-8-10-21(11-9-20)28-27(29(33)22-12-14-24(19(4)16-22)38-18(2)3)30(34)31(35)32(28)23-13-15-25(36-5)26(17-23)37-6/h8-18,28,33H,7H2,1-6H3/b29-27+. The van der Waals surface area contributed by atoms with Crippen molar-refractivity contribution in [1.29, 1.82) is 0 Å². The zero-order valence-corrected chi connectivity index (χ0v) is 22.6. The van der Waals surface area contributed by atoms with E-state index in [1.165, 1.54) is 19.1 Å². The highest BCUT2D eigenvalue weighted by Gasteiger charge is 2.47. The summed E-state index contributed by atoms with van der Waals surface area (Å²) in [5.41, 5.74) is 3.53. The summed E-state index contributed by atoms with van der Waals surface area (Å²) in [6, 6.07) is 17.1. The van der Waals surface area contributed by atoms with Gasteiger partial charge in [-0.05, 0) is 74.2 Å². The molecule has 0 radical (unpaired) electrons. The number of benzene rings is 3. The predicted molar refractivity (Wildman–Crippen MR) is 147 cm³/mol. The van der Waals surface area contributed by atoms with E-state index in [1.54, 1.807) is 36.4 Å². The quantitative estimate of drug-likeness (QED) is 0.225. The minimum absolute atomic E-state index is 0.00829. The highest BCUT2D eigenvalue weighted by atomic mass is 16.5. The van der Waals surface area contributed by atoms with Crippen LogP contribution in [0.2, 0.25) is 0 Å². The van der Waals surface area contributed by atoms with Crippen molar-refractivity contribution >= 4 is 23.1 Å². The van der Waals surface area contributed by atoms with Crippen LogP contribution in [-0.4, -0.2) is 37.1 Å². The van der Waals surface area contributed by atoms with Crippen LogP contribution in [-0.2, 0) is 16.0 Å². The molecule has 1 aliphatic rings. The lowest BCUT2D eigenvalue weighted by atomic mass is 9.93. The summed E-state index contributed by atoms with van der Waals surface area (Å²) in [7, 11) is 3.03. The van der Waals surface area contributed by atoms with Crippen LogP contribution >= 0.6 is 0 Å². The molecule has 1 amide bonds. The first-order valence-corrected chi connectivity index (χ1v) is 12.6. The maximum Gasteiger partial charge on any atom is 0.300 e. The van der Waals surface area contributed by atoms with Gasteiger partial charge >= 0.3 is 0 Å². The van der Waals surface area contributed by atoms with Gasteiger partial charge in [-0.25, -0.2) is 0 Å². The van der Waals surface area contributed by atoms with Gasteiger partial charge in [-0.2, -0.15) is 0 Å². The van der Waals surface area contributed by atoms with E-state index in [4.69, 9.17) is 14.2 Å². The Bertz CT molecular complexity index is 1390. The minimum atomic E-state index is -0.842. The Morgan fingerprint density at radius 3 is 2.16 bits per heavy atom. The average molecular weight is 516 g/mol. The number of methoxy groups -OCH3 is 2. The second-order valence-corrected chi connectivity index (χ2v) is 9.45. The molecule has 1 unspecified atom stereocenters. The number of Topliss-reactive ketones (excluding diaryl/α,β-unsaturated/α-hetero) is 1. The molecule has 7 nitrogen and oxygen atoms in total. The van der Waals surface area contributed by atoms with E-state index in [-0.39, 0.29) is 17.4 Å². The van der Waals surface area contributed by atoms with Crippen molar-refractivity contribution in [2.75, 3.05) is 19.1 Å². The molecule has 1 aliphatic heterocycles. The van der Waals surface area contributed by atoms with Crippen LogP contribution in [0.15, 0.2) is 66.2 Å². The molecule has 3 aromatic carbocycles. The molecule has 1 N–H and O–H groups in total. The van der Waals surface area contributed by atoms with Gasteiger partial charge in [0.2, 0.25) is 0 Å². The fourth-order valence-electron chi connectivity index (χ4n) is 4.66. The Hall–Kier alpha value is -4.26. The minimum Gasteiger partial charge on any atom is -0.507 e. The molecule has 0 spiro atoms. The second-order valence-electron chi connectivity index (χ2n) is 9.45. The van der Waals surface area contributed by atoms with Gasteiger partial charge in [-0.3, -0.25) is 14.5 Å². The van der Waals surface area contributed by atoms with E-state index in [0.29, 0.717) is 34.1 Å². The van der Waals surface area contributed by atoms with Gasteiger partial charge < -0.3 is 19.3 Å². The number of aliphatic hydroxyl groups is 1. The highest BCUT2D eigenvalue weighted by Crippen LogP contribution is 2.44. The van der Waals surface area contributed by atoms with E-state index in [1.807, 2.05) is 45.0 Å². The van der Waals surface area contributed by atoms with E-state index in [2.05, 4.69) is 6.92 Å². The van der Waals surface area contributed by atoms with Gasteiger partial charge in [0.25, 0.3) is 11.7 Å². The maximum atomic E-state index is 13.5.